The number of fused-ring (bicyclic) bond motifs is 1. The van der Waals surface area contributed by atoms with Crippen LogP contribution in [0.4, 0.5) is 11.4 Å². The van der Waals surface area contributed by atoms with Gasteiger partial charge in [0.1, 0.15) is 5.69 Å². The molecule has 1 aromatic carbocycles. The summed E-state index contributed by atoms with van der Waals surface area (Å²) in [6.07, 6.45) is 4.83. The molecule has 3 rings (SSSR count). The summed E-state index contributed by atoms with van der Waals surface area (Å²) >= 11 is 0. The average molecular weight is 427 g/mol. The zero-order chi connectivity index (χ0) is 22.4. The van der Waals surface area contributed by atoms with E-state index in [4.69, 9.17) is 15.3 Å². The van der Waals surface area contributed by atoms with Crippen LogP contribution in [0.3, 0.4) is 0 Å². The van der Waals surface area contributed by atoms with Gasteiger partial charge in [0.05, 0.1) is 31.5 Å². The Hall–Kier alpha value is -3.46. The molecule has 0 saturated heterocycles. The molecule has 31 heavy (non-hydrogen) atoms. The molecule has 0 radical (unpaired) electrons. The van der Waals surface area contributed by atoms with Crippen molar-refractivity contribution in [3.8, 4) is 5.88 Å². The Morgan fingerprint density at radius 1 is 1.48 bits per heavy atom. The second-order valence-electron chi connectivity index (χ2n) is 7.41. The summed E-state index contributed by atoms with van der Waals surface area (Å²) in [6.45, 7) is 7.67. The van der Waals surface area contributed by atoms with E-state index in [1.165, 1.54) is 7.11 Å². The van der Waals surface area contributed by atoms with Gasteiger partial charge < -0.3 is 20.7 Å². The number of carbonyl (C=O) groups excluding carboxylic acids is 1. The van der Waals surface area contributed by atoms with Gasteiger partial charge >= 0.3 is 0 Å². The van der Waals surface area contributed by atoms with E-state index in [0.717, 1.165) is 41.5 Å². The zero-order valence-corrected chi connectivity index (χ0v) is 18.2. The van der Waals surface area contributed by atoms with Crippen LogP contribution in [-0.2, 0) is 11.4 Å². The Kier molecular flexibility index (Phi) is 7.19. The third-order valence-corrected chi connectivity index (χ3v) is 5.27. The Balaban J connectivity index is 1.80. The van der Waals surface area contributed by atoms with Gasteiger partial charge in [-0.1, -0.05) is 18.7 Å². The predicted molar refractivity (Wildman–Crippen MR) is 121 cm³/mol. The number of benzene rings is 1. The van der Waals surface area contributed by atoms with Gasteiger partial charge in [-0.05, 0) is 30.8 Å². The van der Waals surface area contributed by atoms with Crippen molar-refractivity contribution in [1.29, 1.82) is 0 Å². The molecule has 166 valence electrons. The van der Waals surface area contributed by atoms with Crippen molar-refractivity contribution in [2.24, 2.45) is 5.73 Å². The minimum atomic E-state index is -0.321. The van der Waals surface area contributed by atoms with Crippen LogP contribution in [0.2, 0.25) is 0 Å². The molecular weight excluding hydrogens is 396 g/mol. The van der Waals surface area contributed by atoms with Gasteiger partial charge in [-0.2, -0.15) is 5.10 Å². The molecule has 0 aliphatic carbocycles. The van der Waals surface area contributed by atoms with Crippen LogP contribution in [0.5, 0.6) is 5.88 Å². The quantitative estimate of drug-likeness (QED) is 0.529. The second kappa shape index (κ2) is 10.0. The third kappa shape index (κ3) is 5.00. The van der Waals surface area contributed by atoms with Crippen molar-refractivity contribution in [1.82, 2.24) is 15.3 Å². The van der Waals surface area contributed by atoms with E-state index in [1.54, 1.807) is 18.5 Å². The van der Waals surface area contributed by atoms with Crippen LogP contribution >= 0.6 is 0 Å². The maximum Gasteiger partial charge on any atom is 0.276 e. The third-order valence-electron chi connectivity index (χ3n) is 5.27. The average Bonchev–Trinajstić information content (AvgIpc) is 3.19. The Bertz CT molecular complexity index is 968. The van der Waals surface area contributed by atoms with Crippen LogP contribution in [0.25, 0.3) is 0 Å². The van der Waals surface area contributed by atoms with Gasteiger partial charge in [0.25, 0.3) is 5.91 Å². The van der Waals surface area contributed by atoms with Gasteiger partial charge in [0, 0.05) is 37.8 Å². The first-order valence-electron chi connectivity index (χ1n) is 10.1. The lowest BCUT2D eigenvalue weighted by Crippen LogP contribution is -2.36. The van der Waals surface area contributed by atoms with Gasteiger partial charge in [0.2, 0.25) is 5.88 Å². The largest absolute Gasteiger partial charge is 0.476 e. The Morgan fingerprint density at radius 3 is 3.00 bits per heavy atom. The molecule has 1 aliphatic rings. The molecule has 1 aromatic heterocycles. The van der Waals surface area contributed by atoms with Crippen molar-refractivity contribution in [3.63, 3.8) is 0 Å². The molecule has 9 nitrogen and oxygen atoms in total. The molecule has 9 heteroatoms. The second-order valence-corrected chi connectivity index (χ2v) is 7.41. The van der Waals surface area contributed by atoms with E-state index < -0.39 is 0 Å². The van der Waals surface area contributed by atoms with E-state index in [1.807, 2.05) is 41.8 Å². The zero-order valence-electron chi connectivity index (χ0n) is 18.2. The summed E-state index contributed by atoms with van der Waals surface area (Å²) in [5, 5.41) is 7.69. The van der Waals surface area contributed by atoms with Crippen molar-refractivity contribution in [2.45, 2.75) is 32.4 Å². The van der Waals surface area contributed by atoms with Crippen molar-refractivity contribution < 1.29 is 14.4 Å². The van der Waals surface area contributed by atoms with Crippen molar-refractivity contribution in [3.05, 3.63) is 60.1 Å². The number of hydrogen-bond acceptors (Lipinski definition) is 7. The monoisotopic (exact) mass is 426 g/mol. The highest BCUT2D eigenvalue weighted by Crippen LogP contribution is 2.31. The lowest BCUT2D eigenvalue weighted by atomic mass is 10.0. The summed E-state index contributed by atoms with van der Waals surface area (Å²) in [7, 11) is 3.33. The highest BCUT2D eigenvalue weighted by atomic mass is 16.6. The fraction of sp³-hybridized carbons (Fsp3) is 0.364. The molecule has 0 saturated carbocycles. The summed E-state index contributed by atoms with van der Waals surface area (Å²) in [4.78, 5) is 19.3. The summed E-state index contributed by atoms with van der Waals surface area (Å²) in [5.74, 6) is 0.406. The first-order chi connectivity index (χ1) is 15.0. The molecule has 1 unspecified atom stereocenters. The smallest absolute Gasteiger partial charge is 0.276 e. The minimum Gasteiger partial charge on any atom is -0.476 e. The van der Waals surface area contributed by atoms with E-state index >= 15 is 0 Å². The summed E-state index contributed by atoms with van der Waals surface area (Å²) in [6, 6.07) is 7.21. The molecule has 0 fully saturated rings. The number of anilines is 2. The molecule has 1 amide bonds. The van der Waals surface area contributed by atoms with Gasteiger partial charge in [0.15, 0.2) is 0 Å². The highest BCUT2D eigenvalue weighted by molar-refractivity contribution is 5.99. The lowest BCUT2D eigenvalue weighted by Gasteiger charge is -2.33. The summed E-state index contributed by atoms with van der Waals surface area (Å²) < 4.78 is 7.60. The van der Waals surface area contributed by atoms with Crippen LogP contribution in [0.15, 0.2) is 54.5 Å². The number of hydrogen-bond donors (Lipinski definition) is 3. The van der Waals surface area contributed by atoms with Crippen LogP contribution in [-0.4, -0.2) is 42.5 Å². The van der Waals surface area contributed by atoms with E-state index in [0.29, 0.717) is 18.6 Å². The number of nitrogens with zero attached hydrogens (tertiary/aromatic N) is 3. The maximum atomic E-state index is 12.4. The van der Waals surface area contributed by atoms with Crippen molar-refractivity contribution in [2.75, 3.05) is 31.0 Å². The number of aromatic nitrogens is 2. The van der Waals surface area contributed by atoms with Gasteiger partial charge in [-0.25, -0.2) is 10.2 Å². The maximum absolute atomic E-state index is 12.4. The number of ether oxygens (including phenoxy) is 1. The number of para-hydroxylation sites is 1. The minimum absolute atomic E-state index is 0.131. The first-order valence-corrected chi connectivity index (χ1v) is 10.1. The highest BCUT2D eigenvalue weighted by Gasteiger charge is 2.24. The number of likely N-dealkylation sites (N-methyl/N-ethyl adjacent to an activating group) is 1. The van der Waals surface area contributed by atoms with E-state index in [9.17, 15) is 4.79 Å². The molecule has 1 aliphatic heterocycles. The van der Waals surface area contributed by atoms with E-state index in [2.05, 4.69) is 22.5 Å². The van der Waals surface area contributed by atoms with Crippen LogP contribution in [0, 0.1) is 0 Å². The normalized spacial score (nSPS) is 14.2. The Labute approximate surface area is 182 Å². The number of aryl methyl sites for hydroxylation is 1. The number of rotatable bonds is 9. The number of carbonyl (C=O) groups is 1. The molecular formula is C22H30N6O3. The van der Waals surface area contributed by atoms with Crippen LogP contribution in [0.1, 0.15) is 30.1 Å². The fourth-order valence-electron chi connectivity index (χ4n) is 3.63. The predicted octanol–water partition coefficient (Wildman–Crippen LogP) is 2.64. The number of amides is 1. The first kappa shape index (κ1) is 22.2. The van der Waals surface area contributed by atoms with Crippen molar-refractivity contribution >= 4 is 17.3 Å². The molecule has 1 atom stereocenters. The van der Waals surface area contributed by atoms with Gasteiger partial charge in [-0.15, -0.1) is 0 Å². The summed E-state index contributed by atoms with van der Waals surface area (Å²) in [5.41, 5.74) is 12.0. The van der Waals surface area contributed by atoms with Gasteiger partial charge in [-0.3, -0.25) is 9.63 Å². The fourth-order valence-corrected chi connectivity index (χ4v) is 3.63. The number of nitrogens with one attached hydrogen (secondary N) is 2. The standard InChI is InChI=1S/C22H30N6O3/c1-15(13-23)20(27(3)19-9-6-5-8-17(19)21(29)26-30-4)12-16(2)25-18-14-24-28-10-7-11-31-22(18)28/h5-6,8-9,13-14,20,25H,2,7,10-12,23H2,1,3-4H3,(H,26,29). The molecule has 0 bridgehead atoms. The molecule has 4 N–H and O–H groups in total. The lowest BCUT2D eigenvalue weighted by molar-refractivity contribution is 0.0538. The molecule has 2 aromatic rings. The van der Waals surface area contributed by atoms with Crippen LogP contribution < -0.4 is 26.2 Å². The SMILES string of the molecule is C=C(CC(C(C)=CN)N(C)c1ccccc1C(=O)NOC)Nc1cnn2c1OCCC2. The van der Waals surface area contributed by atoms with E-state index in [-0.39, 0.29) is 11.9 Å². The molecule has 2 heterocycles. The topological polar surface area (TPSA) is 107 Å². The molecule has 0 spiro atoms. The number of nitrogens with two attached hydrogens (primary N) is 1. The Morgan fingerprint density at radius 2 is 2.26 bits per heavy atom. The number of hydroxylamine groups is 1.